The van der Waals surface area contributed by atoms with Crippen LogP contribution in [0.5, 0.6) is 11.5 Å². The van der Waals surface area contributed by atoms with Crippen molar-refractivity contribution in [2.24, 2.45) is 4.99 Å². The van der Waals surface area contributed by atoms with Gasteiger partial charge in [0.1, 0.15) is 11.5 Å². The van der Waals surface area contributed by atoms with Gasteiger partial charge in [-0.1, -0.05) is 6.07 Å². The number of isocyanates is 1. The molecule has 0 aliphatic rings. The van der Waals surface area contributed by atoms with Crippen molar-refractivity contribution >= 4 is 6.08 Å². The molecule has 1 unspecified atom stereocenters. The minimum atomic E-state index is -0.325. The van der Waals surface area contributed by atoms with E-state index in [1.165, 1.54) is 6.08 Å². The van der Waals surface area contributed by atoms with Crippen molar-refractivity contribution in [3.8, 4) is 11.5 Å². The SMILES string of the molecule is COc1cccc(OC)c1C(C)N=C=O. The molecule has 0 bridgehead atoms. The number of nitrogens with zero attached hydrogens (tertiary/aromatic N) is 1. The molecule has 4 nitrogen and oxygen atoms in total. The van der Waals surface area contributed by atoms with Gasteiger partial charge in [0.05, 0.1) is 25.8 Å². The molecule has 0 saturated heterocycles. The first-order chi connectivity index (χ1) is 7.24. The van der Waals surface area contributed by atoms with E-state index in [0.29, 0.717) is 11.5 Å². The summed E-state index contributed by atoms with van der Waals surface area (Å²) in [5, 5.41) is 0. The lowest BCUT2D eigenvalue weighted by Gasteiger charge is -2.14. The van der Waals surface area contributed by atoms with Gasteiger partial charge in [0.2, 0.25) is 6.08 Å². The highest BCUT2D eigenvalue weighted by molar-refractivity contribution is 5.48. The lowest BCUT2D eigenvalue weighted by Crippen LogP contribution is -1.99. The van der Waals surface area contributed by atoms with E-state index in [-0.39, 0.29) is 6.04 Å². The highest BCUT2D eigenvalue weighted by Crippen LogP contribution is 2.35. The summed E-state index contributed by atoms with van der Waals surface area (Å²) in [7, 11) is 3.13. The third kappa shape index (κ3) is 2.36. The second-order valence-electron chi connectivity index (χ2n) is 2.97. The molecule has 0 N–H and O–H groups in total. The van der Waals surface area contributed by atoms with Gasteiger partial charge in [-0.05, 0) is 19.1 Å². The molecule has 0 radical (unpaired) electrons. The Kier molecular flexibility index (Phi) is 3.89. The number of rotatable bonds is 4. The van der Waals surface area contributed by atoms with E-state index in [9.17, 15) is 4.79 Å². The normalized spacial score (nSPS) is 11.4. The molecule has 0 aliphatic carbocycles. The Bertz CT molecular complexity index is 361. The average molecular weight is 207 g/mol. The van der Waals surface area contributed by atoms with Crippen molar-refractivity contribution in [3.63, 3.8) is 0 Å². The Morgan fingerprint density at radius 1 is 1.27 bits per heavy atom. The minimum absolute atomic E-state index is 0.325. The first-order valence-corrected chi connectivity index (χ1v) is 4.52. The predicted octanol–water partition coefficient (Wildman–Crippen LogP) is 2.10. The molecule has 0 amide bonds. The largest absolute Gasteiger partial charge is 0.496 e. The monoisotopic (exact) mass is 207 g/mol. The fraction of sp³-hybridized carbons (Fsp3) is 0.364. The Hall–Kier alpha value is -1.80. The van der Waals surface area contributed by atoms with E-state index in [2.05, 4.69) is 4.99 Å². The number of ether oxygens (including phenoxy) is 2. The van der Waals surface area contributed by atoms with E-state index < -0.39 is 0 Å². The van der Waals surface area contributed by atoms with Crippen molar-refractivity contribution in [1.29, 1.82) is 0 Å². The van der Waals surface area contributed by atoms with Crippen LogP contribution in [0.15, 0.2) is 23.2 Å². The minimum Gasteiger partial charge on any atom is -0.496 e. The van der Waals surface area contributed by atoms with Crippen molar-refractivity contribution in [2.75, 3.05) is 14.2 Å². The van der Waals surface area contributed by atoms with Crippen LogP contribution in [0.4, 0.5) is 0 Å². The summed E-state index contributed by atoms with van der Waals surface area (Å²) in [6.45, 7) is 1.78. The van der Waals surface area contributed by atoms with Gasteiger partial charge >= 0.3 is 0 Å². The van der Waals surface area contributed by atoms with Crippen LogP contribution in [0, 0.1) is 0 Å². The van der Waals surface area contributed by atoms with Crippen LogP contribution in [-0.2, 0) is 4.79 Å². The topological polar surface area (TPSA) is 47.9 Å². The number of carbonyl (C=O) groups excluding carboxylic acids is 1. The van der Waals surface area contributed by atoms with Gasteiger partial charge in [0.15, 0.2) is 0 Å². The third-order valence-corrected chi connectivity index (χ3v) is 2.13. The maximum absolute atomic E-state index is 10.2. The highest BCUT2D eigenvalue weighted by Gasteiger charge is 2.15. The van der Waals surface area contributed by atoms with Gasteiger partial charge in [-0.2, -0.15) is 4.99 Å². The maximum atomic E-state index is 10.2. The first-order valence-electron chi connectivity index (χ1n) is 4.52. The second kappa shape index (κ2) is 5.17. The van der Waals surface area contributed by atoms with Gasteiger partial charge < -0.3 is 9.47 Å². The zero-order chi connectivity index (χ0) is 11.3. The first kappa shape index (κ1) is 11.3. The molecule has 0 fully saturated rings. The quantitative estimate of drug-likeness (QED) is 0.561. The van der Waals surface area contributed by atoms with Gasteiger partial charge in [-0.3, -0.25) is 0 Å². The van der Waals surface area contributed by atoms with Crippen molar-refractivity contribution < 1.29 is 14.3 Å². The third-order valence-electron chi connectivity index (χ3n) is 2.13. The van der Waals surface area contributed by atoms with Crippen molar-refractivity contribution in [2.45, 2.75) is 13.0 Å². The van der Waals surface area contributed by atoms with E-state index in [0.717, 1.165) is 5.56 Å². The van der Waals surface area contributed by atoms with E-state index in [1.807, 2.05) is 6.07 Å². The van der Waals surface area contributed by atoms with Gasteiger partial charge in [-0.15, -0.1) is 0 Å². The van der Waals surface area contributed by atoms with Crippen LogP contribution in [0.1, 0.15) is 18.5 Å². The van der Waals surface area contributed by atoms with Gasteiger partial charge in [0.25, 0.3) is 0 Å². The summed E-state index contributed by atoms with van der Waals surface area (Å²) in [6, 6.07) is 5.09. The average Bonchev–Trinajstić information content (AvgIpc) is 2.28. The molecule has 0 spiro atoms. The summed E-state index contributed by atoms with van der Waals surface area (Å²) >= 11 is 0. The fourth-order valence-corrected chi connectivity index (χ4v) is 1.44. The van der Waals surface area contributed by atoms with Crippen LogP contribution in [0.2, 0.25) is 0 Å². The van der Waals surface area contributed by atoms with E-state index >= 15 is 0 Å². The lowest BCUT2D eigenvalue weighted by molar-refractivity contribution is 0.381. The fourth-order valence-electron chi connectivity index (χ4n) is 1.44. The standard InChI is InChI=1S/C11H13NO3/c1-8(12-7-13)11-9(14-2)5-4-6-10(11)15-3/h4-6,8H,1-3H3. The Morgan fingerprint density at radius 2 is 1.80 bits per heavy atom. The molecule has 1 rings (SSSR count). The molecule has 0 heterocycles. The number of hydrogen-bond acceptors (Lipinski definition) is 4. The van der Waals surface area contributed by atoms with Crippen LogP contribution in [0.25, 0.3) is 0 Å². The summed E-state index contributed by atoms with van der Waals surface area (Å²) in [5.74, 6) is 1.31. The lowest BCUT2D eigenvalue weighted by atomic mass is 10.1. The zero-order valence-corrected chi connectivity index (χ0v) is 8.98. The molecule has 1 aromatic rings. The van der Waals surface area contributed by atoms with Crippen molar-refractivity contribution in [1.82, 2.24) is 0 Å². The van der Waals surface area contributed by atoms with E-state index in [1.54, 1.807) is 33.3 Å². The smallest absolute Gasteiger partial charge is 0.235 e. The molecule has 80 valence electrons. The molecule has 1 aromatic carbocycles. The molecule has 15 heavy (non-hydrogen) atoms. The molecule has 4 heteroatoms. The second-order valence-corrected chi connectivity index (χ2v) is 2.97. The van der Waals surface area contributed by atoms with E-state index in [4.69, 9.17) is 9.47 Å². The summed E-state index contributed by atoms with van der Waals surface area (Å²) < 4.78 is 10.4. The van der Waals surface area contributed by atoms with Gasteiger partial charge in [-0.25, -0.2) is 4.79 Å². The summed E-state index contributed by atoms with van der Waals surface area (Å²) in [5.41, 5.74) is 0.755. The molecule has 0 saturated carbocycles. The predicted molar refractivity (Wildman–Crippen MR) is 56.1 cm³/mol. The molecule has 1 atom stereocenters. The molecule has 0 aromatic heterocycles. The maximum Gasteiger partial charge on any atom is 0.235 e. The highest BCUT2D eigenvalue weighted by atomic mass is 16.5. The molecular weight excluding hydrogens is 194 g/mol. The van der Waals surface area contributed by atoms with Crippen LogP contribution >= 0.6 is 0 Å². The Morgan fingerprint density at radius 3 is 2.20 bits per heavy atom. The Labute approximate surface area is 88.5 Å². The summed E-state index contributed by atoms with van der Waals surface area (Å²) in [6.07, 6.45) is 1.53. The van der Waals surface area contributed by atoms with Crippen LogP contribution < -0.4 is 9.47 Å². The van der Waals surface area contributed by atoms with Gasteiger partial charge in [0, 0.05) is 0 Å². The number of benzene rings is 1. The molecule has 0 aliphatic heterocycles. The van der Waals surface area contributed by atoms with Crippen molar-refractivity contribution in [3.05, 3.63) is 23.8 Å². The van der Waals surface area contributed by atoms with Crippen LogP contribution in [0.3, 0.4) is 0 Å². The Balaban J connectivity index is 3.26. The number of methoxy groups -OCH3 is 2. The molecular formula is C11H13NO3. The number of aliphatic imine (C=N–C) groups is 1. The number of hydrogen-bond donors (Lipinski definition) is 0. The zero-order valence-electron chi connectivity index (χ0n) is 8.98. The summed E-state index contributed by atoms with van der Waals surface area (Å²) in [4.78, 5) is 13.9. The van der Waals surface area contributed by atoms with Crippen LogP contribution in [-0.4, -0.2) is 20.3 Å².